The number of hydrogen-bond acceptors (Lipinski definition) is 4. The van der Waals surface area contributed by atoms with Crippen molar-refractivity contribution in [2.75, 3.05) is 6.54 Å². The summed E-state index contributed by atoms with van der Waals surface area (Å²) < 4.78 is 5.72. The number of ether oxygens (including phenoxy) is 1. The van der Waals surface area contributed by atoms with Gasteiger partial charge in [-0.3, -0.25) is 9.59 Å². The summed E-state index contributed by atoms with van der Waals surface area (Å²) in [6, 6.07) is 2.82. The number of amides is 2. The molecule has 0 saturated carbocycles. The number of piperidine rings is 1. The molecule has 1 aromatic carbocycles. The molecule has 0 spiro atoms. The van der Waals surface area contributed by atoms with Crippen LogP contribution < -0.4 is 15.4 Å². The number of carbonyl (C=O) groups excluding carboxylic acids is 2. The van der Waals surface area contributed by atoms with E-state index in [1.165, 1.54) is 0 Å². The number of hydrogen-bond donors (Lipinski definition) is 3. The molecule has 3 rings (SSSR count). The number of phenols is 1. The Morgan fingerprint density at radius 3 is 2.95 bits per heavy atom. The highest BCUT2D eigenvalue weighted by atomic mass is 16.5. The summed E-state index contributed by atoms with van der Waals surface area (Å²) in [7, 11) is 0. The molecule has 1 unspecified atom stereocenters. The molecule has 6 heteroatoms. The van der Waals surface area contributed by atoms with Gasteiger partial charge in [0.2, 0.25) is 5.91 Å². The van der Waals surface area contributed by atoms with E-state index in [0.717, 1.165) is 12.0 Å². The Morgan fingerprint density at radius 2 is 2.23 bits per heavy atom. The zero-order valence-corrected chi connectivity index (χ0v) is 12.7. The molecule has 2 amide bonds. The normalized spacial score (nSPS) is 22.5. The molecule has 0 bridgehead atoms. The summed E-state index contributed by atoms with van der Waals surface area (Å²) in [5, 5.41) is 15.7. The zero-order chi connectivity index (χ0) is 15.9. The zero-order valence-electron chi connectivity index (χ0n) is 12.7. The van der Waals surface area contributed by atoms with Crippen molar-refractivity contribution in [2.24, 2.45) is 0 Å². The molecule has 3 N–H and O–H groups in total. The van der Waals surface area contributed by atoms with E-state index in [1.807, 2.05) is 13.8 Å². The summed E-state index contributed by atoms with van der Waals surface area (Å²) in [5.41, 5.74) is 0.627. The molecule has 1 atom stereocenters. The molecule has 2 aliphatic rings. The van der Waals surface area contributed by atoms with Crippen LogP contribution >= 0.6 is 0 Å². The van der Waals surface area contributed by atoms with Gasteiger partial charge in [-0.05, 0) is 32.8 Å². The molecule has 0 aromatic heterocycles. The van der Waals surface area contributed by atoms with Crippen LogP contribution in [-0.4, -0.2) is 35.1 Å². The summed E-state index contributed by atoms with van der Waals surface area (Å²) in [6.07, 6.45) is 2.11. The molecule has 1 fully saturated rings. The van der Waals surface area contributed by atoms with Gasteiger partial charge in [-0.2, -0.15) is 0 Å². The molecule has 118 valence electrons. The third-order valence-corrected chi connectivity index (χ3v) is 4.04. The van der Waals surface area contributed by atoms with Gasteiger partial charge in [0, 0.05) is 18.5 Å². The van der Waals surface area contributed by atoms with E-state index in [-0.39, 0.29) is 17.2 Å². The van der Waals surface area contributed by atoms with Crippen LogP contribution in [0.4, 0.5) is 0 Å². The molecule has 1 aromatic rings. The van der Waals surface area contributed by atoms with Crippen LogP contribution in [0, 0.1) is 0 Å². The second-order valence-electron chi connectivity index (χ2n) is 6.45. The highest BCUT2D eigenvalue weighted by Gasteiger charge is 2.34. The van der Waals surface area contributed by atoms with Crippen molar-refractivity contribution in [3.05, 3.63) is 23.3 Å². The molecule has 2 heterocycles. The number of rotatable bonds is 2. The second-order valence-corrected chi connectivity index (χ2v) is 6.45. The van der Waals surface area contributed by atoms with E-state index in [2.05, 4.69) is 10.6 Å². The van der Waals surface area contributed by atoms with Gasteiger partial charge in [0.05, 0.1) is 5.56 Å². The summed E-state index contributed by atoms with van der Waals surface area (Å²) in [4.78, 5) is 24.0. The van der Waals surface area contributed by atoms with Crippen molar-refractivity contribution in [1.82, 2.24) is 10.6 Å². The average molecular weight is 304 g/mol. The van der Waals surface area contributed by atoms with Crippen molar-refractivity contribution >= 4 is 11.8 Å². The van der Waals surface area contributed by atoms with Crippen LogP contribution in [0.3, 0.4) is 0 Å². The lowest BCUT2D eigenvalue weighted by molar-refractivity contribution is -0.124. The van der Waals surface area contributed by atoms with Gasteiger partial charge in [-0.15, -0.1) is 0 Å². The Morgan fingerprint density at radius 1 is 1.45 bits per heavy atom. The first-order valence-electron chi connectivity index (χ1n) is 7.50. The van der Waals surface area contributed by atoms with Crippen molar-refractivity contribution in [3.63, 3.8) is 0 Å². The fourth-order valence-corrected chi connectivity index (χ4v) is 2.97. The van der Waals surface area contributed by atoms with E-state index in [9.17, 15) is 14.7 Å². The fourth-order valence-electron chi connectivity index (χ4n) is 2.97. The van der Waals surface area contributed by atoms with Crippen LogP contribution in [0.2, 0.25) is 0 Å². The number of nitrogens with one attached hydrogen (secondary N) is 2. The smallest absolute Gasteiger partial charge is 0.255 e. The van der Waals surface area contributed by atoms with Crippen LogP contribution in [0.1, 0.15) is 42.6 Å². The lowest BCUT2D eigenvalue weighted by atomic mass is 10.00. The van der Waals surface area contributed by atoms with Crippen LogP contribution in [0.5, 0.6) is 11.5 Å². The van der Waals surface area contributed by atoms with Crippen molar-refractivity contribution in [3.8, 4) is 11.5 Å². The lowest BCUT2D eigenvalue weighted by Gasteiger charge is -2.23. The van der Waals surface area contributed by atoms with Gasteiger partial charge < -0.3 is 20.5 Å². The minimum Gasteiger partial charge on any atom is -0.504 e. The first-order valence-corrected chi connectivity index (χ1v) is 7.50. The fraction of sp³-hybridized carbons (Fsp3) is 0.500. The summed E-state index contributed by atoms with van der Waals surface area (Å²) in [5.74, 6) is -0.434. The highest BCUT2D eigenvalue weighted by molar-refractivity contribution is 6.00. The SMILES string of the molecule is CC1(C)Cc2ccc(C(=O)NC3CCCNC3=O)c(O)c2O1. The molecule has 1 saturated heterocycles. The molecule has 2 aliphatic heterocycles. The topological polar surface area (TPSA) is 87.7 Å². The third kappa shape index (κ3) is 2.61. The van der Waals surface area contributed by atoms with E-state index < -0.39 is 17.6 Å². The lowest BCUT2D eigenvalue weighted by Crippen LogP contribution is -2.50. The largest absolute Gasteiger partial charge is 0.504 e. The maximum absolute atomic E-state index is 12.3. The average Bonchev–Trinajstić information content (AvgIpc) is 2.77. The molecule has 0 radical (unpaired) electrons. The minimum absolute atomic E-state index is 0.134. The number of carbonyl (C=O) groups is 2. The monoisotopic (exact) mass is 304 g/mol. The number of benzene rings is 1. The van der Waals surface area contributed by atoms with Gasteiger partial charge >= 0.3 is 0 Å². The van der Waals surface area contributed by atoms with Crippen LogP contribution in [0.25, 0.3) is 0 Å². The Labute approximate surface area is 128 Å². The second kappa shape index (κ2) is 5.19. The Balaban J connectivity index is 1.81. The summed E-state index contributed by atoms with van der Waals surface area (Å²) >= 11 is 0. The number of aromatic hydroxyl groups is 1. The minimum atomic E-state index is -0.550. The van der Waals surface area contributed by atoms with Gasteiger partial charge in [0.1, 0.15) is 11.6 Å². The maximum atomic E-state index is 12.3. The third-order valence-electron chi connectivity index (χ3n) is 4.04. The van der Waals surface area contributed by atoms with E-state index in [4.69, 9.17) is 4.74 Å². The van der Waals surface area contributed by atoms with Gasteiger partial charge in [-0.1, -0.05) is 6.07 Å². The Bertz CT molecular complexity index is 639. The quantitative estimate of drug-likeness (QED) is 0.764. The van der Waals surface area contributed by atoms with E-state index >= 15 is 0 Å². The van der Waals surface area contributed by atoms with E-state index in [0.29, 0.717) is 25.1 Å². The highest BCUT2D eigenvalue weighted by Crippen LogP contribution is 2.43. The number of fused-ring (bicyclic) bond motifs is 1. The van der Waals surface area contributed by atoms with Gasteiger partial charge in [0.15, 0.2) is 11.5 Å². The maximum Gasteiger partial charge on any atom is 0.255 e. The standard InChI is InChI=1S/C16H20N2O4/c1-16(2)8-9-5-6-10(12(19)13(9)22-16)14(20)18-11-4-3-7-17-15(11)21/h5-6,11,19H,3-4,7-8H2,1-2H3,(H,17,21)(H,18,20). The molecule has 6 nitrogen and oxygen atoms in total. The first kappa shape index (κ1) is 14.7. The molecular formula is C16H20N2O4. The molecule has 22 heavy (non-hydrogen) atoms. The van der Waals surface area contributed by atoms with Crippen molar-refractivity contribution < 1.29 is 19.4 Å². The Hall–Kier alpha value is -2.24. The Kier molecular flexibility index (Phi) is 3.47. The van der Waals surface area contributed by atoms with Gasteiger partial charge in [-0.25, -0.2) is 0 Å². The van der Waals surface area contributed by atoms with Crippen molar-refractivity contribution in [2.45, 2.75) is 44.8 Å². The predicted molar refractivity (Wildman–Crippen MR) is 80.0 cm³/mol. The molecular weight excluding hydrogens is 284 g/mol. The van der Waals surface area contributed by atoms with Crippen LogP contribution in [-0.2, 0) is 11.2 Å². The van der Waals surface area contributed by atoms with Gasteiger partial charge in [0.25, 0.3) is 5.91 Å². The van der Waals surface area contributed by atoms with E-state index in [1.54, 1.807) is 12.1 Å². The van der Waals surface area contributed by atoms with Crippen molar-refractivity contribution in [1.29, 1.82) is 0 Å². The van der Waals surface area contributed by atoms with Crippen LogP contribution in [0.15, 0.2) is 12.1 Å². The predicted octanol–water partition coefficient (Wildman–Crippen LogP) is 1.11. The number of phenolic OH excluding ortho intramolecular Hbond substituents is 1. The molecule has 0 aliphatic carbocycles. The first-order chi connectivity index (χ1) is 10.4. The summed E-state index contributed by atoms with van der Waals surface area (Å²) in [6.45, 7) is 4.50.